The fraction of sp³-hybridized carbons (Fsp3) is 0.471. The van der Waals surface area contributed by atoms with Crippen LogP contribution in [-0.4, -0.2) is 32.8 Å². The zero-order valence-corrected chi connectivity index (χ0v) is 12.7. The lowest BCUT2D eigenvalue weighted by atomic mass is 9.99. The predicted octanol–water partition coefficient (Wildman–Crippen LogP) is 2.66. The quantitative estimate of drug-likeness (QED) is 0.922. The number of carbonyl (C=O) groups excluding carboxylic acids is 1. The second-order valence-electron chi connectivity index (χ2n) is 5.54. The first kappa shape index (κ1) is 15.1. The van der Waals surface area contributed by atoms with Gasteiger partial charge >= 0.3 is 0 Å². The van der Waals surface area contributed by atoms with Crippen molar-refractivity contribution in [3.63, 3.8) is 0 Å². The van der Waals surface area contributed by atoms with Crippen LogP contribution in [-0.2, 0) is 14.3 Å². The Bertz CT molecular complexity index is 597. The molecule has 3 rings (SSSR count). The molecule has 5 heteroatoms. The number of hydrogen-bond acceptors (Lipinski definition) is 4. The summed E-state index contributed by atoms with van der Waals surface area (Å²) in [4.78, 5) is 12.2. The van der Waals surface area contributed by atoms with Crippen molar-refractivity contribution in [2.75, 3.05) is 26.9 Å². The van der Waals surface area contributed by atoms with Gasteiger partial charge in [0.05, 0.1) is 6.54 Å². The van der Waals surface area contributed by atoms with Gasteiger partial charge in [0.2, 0.25) is 5.91 Å². The Balaban J connectivity index is 1.62. The van der Waals surface area contributed by atoms with Gasteiger partial charge in [0.25, 0.3) is 0 Å². The van der Waals surface area contributed by atoms with Crippen LogP contribution in [0.1, 0.15) is 24.7 Å². The summed E-state index contributed by atoms with van der Waals surface area (Å²) in [6.45, 7) is 1.73. The van der Waals surface area contributed by atoms with E-state index in [-0.39, 0.29) is 17.9 Å². The number of carbonyl (C=O) groups is 1. The summed E-state index contributed by atoms with van der Waals surface area (Å²) in [5.74, 6) is 0.847. The molecule has 1 fully saturated rings. The number of furan rings is 1. The smallest absolute Gasteiger partial charge is 0.223 e. The molecule has 0 spiro atoms. The summed E-state index contributed by atoms with van der Waals surface area (Å²) in [5, 5.41) is 4.00. The summed E-state index contributed by atoms with van der Waals surface area (Å²) in [6, 6.07) is 9.78. The molecule has 1 amide bonds. The van der Waals surface area contributed by atoms with E-state index >= 15 is 0 Å². The van der Waals surface area contributed by atoms with Gasteiger partial charge in [0, 0.05) is 31.6 Å². The van der Waals surface area contributed by atoms with E-state index in [1.54, 1.807) is 7.11 Å². The maximum Gasteiger partial charge on any atom is 0.223 e. The van der Waals surface area contributed by atoms with E-state index < -0.39 is 0 Å². The molecule has 1 aliphatic rings. The molecule has 1 atom stereocenters. The average Bonchev–Trinajstić information content (AvgIpc) is 3.00. The highest BCUT2D eigenvalue weighted by atomic mass is 16.5. The number of methoxy groups -OCH3 is 1. The molecular formula is C17H21NO4. The fourth-order valence-corrected chi connectivity index (χ4v) is 2.76. The van der Waals surface area contributed by atoms with Crippen molar-refractivity contribution in [2.45, 2.75) is 18.9 Å². The van der Waals surface area contributed by atoms with Crippen LogP contribution in [0.25, 0.3) is 11.0 Å². The fourth-order valence-electron chi connectivity index (χ4n) is 2.76. The Hall–Kier alpha value is -1.85. The van der Waals surface area contributed by atoms with Gasteiger partial charge in [-0.2, -0.15) is 0 Å². The molecule has 0 aliphatic carbocycles. The minimum atomic E-state index is -0.281. The molecule has 2 aromatic rings. The molecular weight excluding hydrogens is 282 g/mol. The van der Waals surface area contributed by atoms with Gasteiger partial charge in [-0.05, 0) is 25.0 Å². The predicted molar refractivity (Wildman–Crippen MR) is 82.5 cm³/mol. The highest BCUT2D eigenvalue weighted by molar-refractivity contribution is 5.79. The summed E-state index contributed by atoms with van der Waals surface area (Å²) >= 11 is 0. The third-order valence-electron chi connectivity index (χ3n) is 4.10. The molecule has 1 N–H and O–H groups in total. The number of rotatable bonds is 5. The van der Waals surface area contributed by atoms with Crippen LogP contribution in [0.5, 0.6) is 0 Å². The van der Waals surface area contributed by atoms with Gasteiger partial charge in [-0.3, -0.25) is 4.79 Å². The molecule has 0 bridgehead atoms. The van der Waals surface area contributed by atoms with E-state index in [1.807, 2.05) is 30.3 Å². The van der Waals surface area contributed by atoms with Gasteiger partial charge in [0.15, 0.2) is 0 Å². The molecule has 1 aliphatic heterocycles. The zero-order chi connectivity index (χ0) is 15.4. The summed E-state index contributed by atoms with van der Waals surface area (Å²) in [5.41, 5.74) is 0.829. The maximum absolute atomic E-state index is 12.2. The van der Waals surface area contributed by atoms with Gasteiger partial charge in [-0.1, -0.05) is 18.2 Å². The van der Waals surface area contributed by atoms with Crippen molar-refractivity contribution in [2.24, 2.45) is 5.92 Å². The van der Waals surface area contributed by atoms with Crippen LogP contribution in [0, 0.1) is 5.92 Å². The number of para-hydroxylation sites is 1. The molecule has 118 valence electrons. The van der Waals surface area contributed by atoms with Gasteiger partial charge in [0.1, 0.15) is 17.4 Å². The third kappa shape index (κ3) is 3.31. The lowest BCUT2D eigenvalue weighted by molar-refractivity contribution is -0.128. The molecule has 22 heavy (non-hydrogen) atoms. The second-order valence-corrected chi connectivity index (χ2v) is 5.54. The molecule has 1 aromatic carbocycles. The highest BCUT2D eigenvalue weighted by Gasteiger charge is 2.23. The largest absolute Gasteiger partial charge is 0.458 e. The standard InChI is InChI=1S/C17H21NO4/c1-20-16(11-18-17(19)12-6-8-21-9-7-12)15-10-13-4-2-3-5-14(13)22-15/h2-5,10,12,16H,6-9,11H2,1H3,(H,18,19). The highest BCUT2D eigenvalue weighted by Crippen LogP contribution is 2.25. The number of hydrogen-bond donors (Lipinski definition) is 1. The van der Waals surface area contributed by atoms with Crippen molar-refractivity contribution in [1.29, 1.82) is 0 Å². The van der Waals surface area contributed by atoms with Crippen molar-refractivity contribution >= 4 is 16.9 Å². The Morgan fingerprint density at radius 2 is 2.14 bits per heavy atom. The molecule has 5 nitrogen and oxygen atoms in total. The molecule has 1 saturated heterocycles. The number of nitrogens with one attached hydrogen (secondary N) is 1. The topological polar surface area (TPSA) is 60.7 Å². The molecule has 2 heterocycles. The first-order valence-corrected chi connectivity index (χ1v) is 7.64. The summed E-state index contributed by atoms with van der Waals surface area (Å²) in [7, 11) is 1.62. The van der Waals surface area contributed by atoms with Crippen molar-refractivity contribution < 1.29 is 18.7 Å². The maximum atomic E-state index is 12.2. The Labute approximate surface area is 129 Å². The Kier molecular flexibility index (Phi) is 4.75. The first-order valence-electron chi connectivity index (χ1n) is 7.64. The van der Waals surface area contributed by atoms with Crippen LogP contribution in [0.15, 0.2) is 34.7 Å². The number of fused-ring (bicyclic) bond motifs is 1. The Morgan fingerprint density at radius 3 is 2.86 bits per heavy atom. The van der Waals surface area contributed by atoms with Gasteiger partial charge in [-0.25, -0.2) is 0 Å². The number of benzene rings is 1. The zero-order valence-electron chi connectivity index (χ0n) is 12.7. The first-order chi connectivity index (χ1) is 10.8. The molecule has 0 saturated carbocycles. The van der Waals surface area contributed by atoms with Crippen molar-refractivity contribution in [3.05, 3.63) is 36.1 Å². The van der Waals surface area contributed by atoms with Crippen LogP contribution < -0.4 is 5.32 Å². The van der Waals surface area contributed by atoms with Gasteiger partial charge < -0.3 is 19.2 Å². The van der Waals surface area contributed by atoms with Crippen LogP contribution in [0.2, 0.25) is 0 Å². The van der Waals surface area contributed by atoms with E-state index in [0.29, 0.717) is 19.8 Å². The van der Waals surface area contributed by atoms with Crippen LogP contribution in [0.4, 0.5) is 0 Å². The van der Waals surface area contributed by atoms with Gasteiger partial charge in [-0.15, -0.1) is 0 Å². The molecule has 1 unspecified atom stereocenters. The van der Waals surface area contributed by atoms with Crippen molar-refractivity contribution in [1.82, 2.24) is 5.32 Å². The molecule has 1 aromatic heterocycles. The lowest BCUT2D eigenvalue weighted by Crippen LogP contribution is -2.36. The number of amides is 1. The summed E-state index contributed by atoms with van der Waals surface area (Å²) < 4.78 is 16.6. The van der Waals surface area contributed by atoms with Crippen LogP contribution in [0.3, 0.4) is 0 Å². The van der Waals surface area contributed by atoms with E-state index in [2.05, 4.69) is 5.32 Å². The van der Waals surface area contributed by atoms with E-state index in [9.17, 15) is 4.79 Å². The van der Waals surface area contributed by atoms with E-state index in [0.717, 1.165) is 29.6 Å². The summed E-state index contributed by atoms with van der Waals surface area (Å²) in [6.07, 6.45) is 1.29. The monoisotopic (exact) mass is 303 g/mol. The minimum absolute atomic E-state index is 0.0435. The lowest BCUT2D eigenvalue weighted by Gasteiger charge is -2.22. The minimum Gasteiger partial charge on any atom is -0.458 e. The Morgan fingerprint density at radius 1 is 1.36 bits per heavy atom. The van der Waals surface area contributed by atoms with E-state index in [1.165, 1.54) is 0 Å². The average molecular weight is 303 g/mol. The molecule has 0 radical (unpaired) electrons. The second kappa shape index (κ2) is 6.94. The SMILES string of the molecule is COC(CNC(=O)C1CCOCC1)c1cc2ccccc2o1. The van der Waals surface area contributed by atoms with Crippen LogP contribution >= 0.6 is 0 Å². The number of ether oxygens (including phenoxy) is 2. The van der Waals surface area contributed by atoms with E-state index in [4.69, 9.17) is 13.9 Å². The normalized spacial score (nSPS) is 17.5. The third-order valence-corrected chi connectivity index (χ3v) is 4.10. The van der Waals surface area contributed by atoms with Crippen molar-refractivity contribution in [3.8, 4) is 0 Å².